The highest BCUT2D eigenvalue weighted by atomic mass is 79.9. The summed E-state index contributed by atoms with van der Waals surface area (Å²) in [6.07, 6.45) is 0.428. The van der Waals surface area contributed by atoms with E-state index in [0.29, 0.717) is 32.0 Å². The summed E-state index contributed by atoms with van der Waals surface area (Å²) in [7, 11) is 0. The van der Waals surface area contributed by atoms with Crippen molar-refractivity contribution in [2.24, 2.45) is 5.92 Å². The average molecular weight is 357 g/mol. The lowest BCUT2D eigenvalue weighted by Crippen LogP contribution is -2.30. The van der Waals surface area contributed by atoms with Gasteiger partial charge >= 0.3 is 5.97 Å². The summed E-state index contributed by atoms with van der Waals surface area (Å²) in [5, 5.41) is 14.9. The fourth-order valence-electron chi connectivity index (χ4n) is 1.66. The molecule has 0 spiro atoms. The van der Waals surface area contributed by atoms with Crippen LogP contribution in [0, 0.1) is 5.92 Å². The van der Waals surface area contributed by atoms with Gasteiger partial charge in [0.15, 0.2) is 0 Å². The molecule has 0 heterocycles. The van der Waals surface area contributed by atoms with Gasteiger partial charge in [-0.05, 0) is 23.6 Å². The maximum Gasteiger partial charge on any atom is 0.335 e. The van der Waals surface area contributed by atoms with Gasteiger partial charge in [0.2, 0.25) is 5.91 Å². The second-order valence-electron chi connectivity index (χ2n) is 5.24. The molecular formula is C15H21BrN2O3. The van der Waals surface area contributed by atoms with Gasteiger partial charge in [-0.1, -0.05) is 35.8 Å². The number of aromatic carboxylic acids is 1. The monoisotopic (exact) mass is 356 g/mol. The van der Waals surface area contributed by atoms with Crippen LogP contribution in [-0.2, 0) is 11.3 Å². The molecular weight excluding hydrogens is 336 g/mol. The smallest absolute Gasteiger partial charge is 0.335 e. The fourth-order valence-corrected chi connectivity index (χ4v) is 2.17. The molecule has 1 rings (SSSR count). The normalized spacial score (nSPS) is 10.7. The number of carboxylic acids is 1. The minimum Gasteiger partial charge on any atom is -0.478 e. The number of benzene rings is 1. The Morgan fingerprint density at radius 1 is 1.33 bits per heavy atom. The van der Waals surface area contributed by atoms with Crippen molar-refractivity contribution in [3.8, 4) is 0 Å². The predicted molar refractivity (Wildman–Crippen MR) is 85.3 cm³/mol. The van der Waals surface area contributed by atoms with Crippen molar-refractivity contribution < 1.29 is 14.7 Å². The second kappa shape index (κ2) is 8.79. The molecule has 0 bridgehead atoms. The minimum absolute atomic E-state index is 0.0384. The fraction of sp³-hybridized carbons (Fsp3) is 0.467. The zero-order valence-electron chi connectivity index (χ0n) is 12.3. The first kappa shape index (κ1) is 17.7. The number of nitrogens with one attached hydrogen (secondary N) is 2. The Morgan fingerprint density at radius 2 is 2.05 bits per heavy atom. The van der Waals surface area contributed by atoms with Crippen LogP contribution in [0.3, 0.4) is 0 Å². The number of halogens is 1. The quantitative estimate of drug-likeness (QED) is 0.625. The summed E-state index contributed by atoms with van der Waals surface area (Å²) < 4.78 is 0.749. The van der Waals surface area contributed by atoms with E-state index in [1.54, 1.807) is 18.2 Å². The van der Waals surface area contributed by atoms with Gasteiger partial charge in [-0.15, -0.1) is 0 Å². The first-order valence-electron chi connectivity index (χ1n) is 6.89. The van der Waals surface area contributed by atoms with Gasteiger partial charge in [0.1, 0.15) is 0 Å². The molecule has 116 valence electrons. The van der Waals surface area contributed by atoms with Crippen LogP contribution in [0.15, 0.2) is 22.7 Å². The Labute approximate surface area is 133 Å². The molecule has 0 unspecified atom stereocenters. The number of amides is 1. The van der Waals surface area contributed by atoms with E-state index in [0.717, 1.165) is 10.0 Å². The van der Waals surface area contributed by atoms with E-state index in [1.807, 2.05) is 0 Å². The van der Waals surface area contributed by atoms with E-state index in [-0.39, 0.29) is 11.5 Å². The van der Waals surface area contributed by atoms with Crippen LogP contribution in [-0.4, -0.2) is 30.1 Å². The molecule has 5 nitrogen and oxygen atoms in total. The lowest BCUT2D eigenvalue weighted by molar-refractivity contribution is -0.121. The Morgan fingerprint density at radius 3 is 2.62 bits per heavy atom. The highest BCUT2D eigenvalue weighted by molar-refractivity contribution is 9.10. The first-order valence-corrected chi connectivity index (χ1v) is 7.68. The Hall–Kier alpha value is -1.40. The summed E-state index contributed by atoms with van der Waals surface area (Å²) in [4.78, 5) is 22.3. The van der Waals surface area contributed by atoms with Crippen LogP contribution in [0.25, 0.3) is 0 Å². The molecule has 0 aliphatic carbocycles. The number of hydrogen-bond donors (Lipinski definition) is 3. The molecule has 3 N–H and O–H groups in total. The van der Waals surface area contributed by atoms with E-state index in [9.17, 15) is 9.59 Å². The van der Waals surface area contributed by atoms with E-state index in [1.165, 1.54) is 0 Å². The second-order valence-corrected chi connectivity index (χ2v) is 6.09. The number of carboxylic acid groups (broad SMARTS) is 1. The maximum absolute atomic E-state index is 11.5. The summed E-state index contributed by atoms with van der Waals surface area (Å²) >= 11 is 3.35. The first-order chi connectivity index (χ1) is 9.90. The third-order valence-electron chi connectivity index (χ3n) is 2.85. The number of rotatable bonds is 8. The van der Waals surface area contributed by atoms with Crippen molar-refractivity contribution in [1.29, 1.82) is 0 Å². The zero-order chi connectivity index (χ0) is 15.8. The SMILES string of the molecule is CC(C)CNC(=O)CCNCc1ccc(C(=O)O)cc1Br. The summed E-state index contributed by atoms with van der Waals surface area (Å²) in [6, 6.07) is 4.91. The van der Waals surface area contributed by atoms with Crippen molar-refractivity contribution in [1.82, 2.24) is 10.6 Å². The van der Waals surface area contributed by atoms with Crippen LogP contribution < -0.4 is 10.6 Å². The standard InChI is InChI=1S/C15H21BrN2O3/c1-10(2)8-18-14(19)5-6-17-9-12-4-3-11(15(20)21)7-13(12)16/h3-4,7,10,17H,5-6,8-9H2,1-2H3,(H,18,19)(H,20,21). The van der Waals surface area contributed by atoms with Crippen LogP contribution in [0.1, 0.15) is 36.2 Å². The Bertz CT molecular complexity index is 504. The Balaban J connectivity index is 2.33. The summed E-state index contributed by atoms with van der Waals surface area (Å²) in [5.41, 5.74) is 1.21. The summed E-state index contributed by atoms with van der Waals surface area (Å²) in [5.74, 6) is -0.459. The lowest BCUT2D eigenvalue weighted by Gasteiger charge is -2.09. The largest absolute Gasteiger partial charge is 0.478 e. The van der Waals surface area contributed by atoms with Crippen molar-refractivity contribution in [2.75, 3.05) is 13.1 Å². The topological polar surface area (TPSA) is 78.4 Å². The van der Waals surface area contributed by atoms with Gasteiger partial charge < -0.3 is 15.7 Å². The minimum atomic E-state index is -0.947. The molecule has 0 fully saturated rings. The molecule has 0 saturated heterocycles. The van der Waals surface area contributed by atoms with Gasteiger partial charge in [-0.3, -0.25) is 4.79 Å². The van der Waals surface area contributed by atoms with Gasteiger partial charge in [0, 0.05) is 30.5 Å². The van der Waals surface area contributed by atoms with Gasteiger partial charge in [0.05, 0.1) is 5.56 Å². The van der Waals surface area contributed by atoms with E-state index < -0.39 is 5.97 Å². The third-order valence-corrected chi connectivity index (χ3v) is 3.59. The van der Waals surface area contributed by atoms with Gasteiger partial charge in [0.25, 0.3) is 0 Å². The number of carbonyl (C=O) groups excluding carboxylic acids is 1. The van der Waals surface area contributed by atoms with Crippen molar-refractivity contribution in [3.05, 3.63) is 33.8 Å². The van der Waals surface area contributed by atoms with Gasteiger partial charge in [-0.2, -0.15) is 0 Å². The van der Waals surface area contributed by atoms with E-state index in [4.69, 9.17) is 5.11 Å². The average Bonchev–Trinajstić information content (AvgIpc) is 2.42. The van der Waals surface area contributed by atoms with Crippen molar-refractivity contribution >= 4 is 27.8 Å². The molecule has 1 aromatic rings. The van der Waals surface area contributed by atoms with E-state index in [2.05, 4.69) is 40.4 Å². The van der Waals surface area contributed by atoms with Crippen LogP contribution in [0.5, 0.6) is 0 Å². The lowest BCUT2D eigenvalue weighted by atomic mass is 10.1. The molecule has 21 heavy (non-hydrogen) atoms. The third kappa shape index (κ3) is 6.73. The molecule has 1 amide bonds. The molecule has 0 atom stereocenters. The predicted octanol–water partition coefficient (Wildman–Crippen LogP) is 2.40. The molecule has 0 aliphatic heterocycles. The zero-order valence-corrected chi connectivity index (χ0v) is 13.9. The number of hydrogen-bond acceptors (Lipinski definition) is 3. The highest BCUT2D eigenvalue weighted by Crippen LogP contribution is 2.18. The van der Waals surface area contributed by atoms with Gasteiger partial charge in [-0.25, -0.2) is 4.79 Å². The van der Waals surface area contributed by atoms with Crippen molar-refractivity contribution in [3.63, 3.8) is 0 Å². The number of carbonyl (C=O) groups is 2. The van der Waals surface area contributed by atoms with E-state index >= 15 is 0 Å². The maximum atomic E-state index is 11.5. The molecule has 6 heteroatoms. The molecule has 0 radical (unpaired) electrons. The van der Waals surface area contributed by atoms with Crippen molar-refractivity contribution in [2.45, 2.75) is 26.8 Å². The molecule has 0 aliphatic rings. The summed E-state index contributed by atoms with van der Waals surface area (Å²) in [6.45, 7) is 5.96. The molecule has 0 saturated carbocycles. The molecule has 1 aromatic carbocycles. The molecule has 0 aromatic heterocycles. The highest BCUT2D eigenvalue weighted by Gasteiger charge is 2.07. The van der Waals surface area contributed by atoms with Crippen LogP contribution in [0.2, 0.25) is 0 Å². The van der Waals surface area contributed by atoms with Crippen LogP contribution in [0.4, 0.5) is 0 Å². The van der Waals surface area contributed by atoms with Crippen LogP contribution >= 0.6 is 15.9 Å². The Kier molecular flexibility index (Phi) is 7.39.